The fourth-order valence-electron chi connectivity index (χ4n) is 1.49. The molecule has 21 heavy (non-hydrogen) atoms. The summed E-state index contributed by atoms with van der Waals surface area (Å²) in [6.45, 7) is 2.21. The predicted octanol–water partition coefficient (Wildman–Crippen LogP) is 5.00. The number of nitrogens with zero attached hydrogens (tertiary/aromatic N) is 1. The van der Waals surface area contributed by atoms with E-state index in [0.717, 1.165) is 32.1 Å². The lowest BCUT2D eigenvalue weighted by Gasteiger charge is -1.87. The van der Waals surface area contributed by atoms with Gasteiger partial charge in [0.15, 0.2) is 0 Å². The van der Waals surface area contributed by atoms with Gasteiger partial charge in [0.1, 0.15) is 0 Å². The van der Waals surface area contributed by atoms with E-state index in [-0.39, 0.29) is 0 Å². The summed E-state index contributed by atoms with van der Waals surface area (Å²) in [5.41, 5.74) is 0. The van der Waals surface area contributed by atoms with Crippen LogP contribution < -0.4 is 0 Å². The van der Waals surface area contributed by atoms with Crippen molar-refractivity contribution in [1.29, 1.82) is 5.26 Å². The third-order valence-corrected chi connectivity index (χ3v) is 2.65. The average Bonchev–Trinajstić information content (AvgIpc) is 2.50. The van der Waals surface area contributed by atoms with Crippen LogP contribution in [0.3, 0.4) is 0 Å². The molecule has 0 radical (unpaired) electrons. The van der Waals surface area contributed by atoms with Gasteiger partial charge in [-0.05, 0) is 12.8 Å². The van der Waals surface area contributed by atoms with Crippen LogP contribution in [0.2, 0.25) is 0 Å². The van der Waals surface area contributed by atoms with Crippen molar-refractivity contribution in [3.63, 3.8) is 0 Å². The topological polar surface area (TPSA) is 23.8 Å². The molecular formula is C20H25N. The van der Waals surface area contributed by atoms with Crippen molar-refractivity contribution in [2.24, 2.45) is 0 Å². The number of unbranched alkanes of at least 4 members (excludes halogenated alkanes) is 5. The summed E-state index contributed by atoms with van der Waals surface area (Å²) < 4.78 is 0. The van der Waals surface area contributed by atoms with Gasteiger partial charge in [0, 0.05) is 32.1 Å². The maximum absolute atomic E-state index is 8.36. The standard InChI is InChI=1S/C20H25N/c1-2-3-4-5-6-7-8-9-10-11-12-13-14-15-16-17-18-19-20-21/h9-10H,2-5,8,11,14,17-19H2,1H3/b10-9+. The lowest BCUT2D eigenvalue weighted by Crippen LogP contribution is -1.71. The molecule has 0 rings (SSSR count). The summed E-state index contributed by atoms with van der Waals surface area (Å²) in [5.74, 6) is 18.4. The minimum absolute atomic E-state index is 0.590. The highest BCUT2D eigenvalue weighted by Gasteiger charge is 1.80. The average molecular weight is 279 g/mol. The first-order valence-corrected chi connectivity index (χ1v) is 7.81. The van der Waals surface area contributed by atoms with E-state index >= 15 is 0 Å². The molecule has 1 heteroatoms. The molecule has 0 saturated carbocycles. The molecular weight excluding hydrogens is 254 g/mol. The van der Waals surface area contributed by atoms with Crippen LogP contribution in [-0.4, -0.2) is 0 Å². The van der Waals surface area contributed by atoms with Crippen molar-refractivity contribution < 1.29 is 0 Å². The van der Waals surface area contributed by atoms with Gasteiger partial charge in [-0.3, -0.25) is 0 Å². The highest BCUT2D eigenvalue weighted by molar-refractivity contribution is 5.14. The van der Waals surface area contributed by atoms with E-state index in [1.807, 2.05) is 0 Å². The highest BCUT2D eigenvalue weighted by Crippen LogP contribution is 1.97. The smallest absolute Gasteiger partial charge is 0.0702 e. The number of allylic oxidation sites excluding steroid dienone is 2. The lowest BCUT2D eigenvalue weighted by atomic mass is 10.2. The van der Waals surface area contributed by atoms with Crippen LogP contribution in [0.15, 0.2) is 12.2 Å². The fourth-order valence-corrected chi connectivity index (χ4v) is 1.49. The quantitative estimate of drug-likeness (QED) is 0.365. The zero-order chi connectivity index (χ0) is 15.4. The van der Waals surface area contributed by atoms with Crippen LogP contribution in [0.25, 0.3) is 0 Å². The first-order valence-electron chi connectivity index (χ1n) is 7.81. The SMILES string of the molecule is CCCCCC#CC/C=C/CC#CCC#CCCCC#N. The minimum Gasteiger partial charge on any atom is -0.198 e. The first-order chi connectivity index (χ1) is 10.4. The second kappa shape index (κ2) is 17.9. The Hall–Kier alpha value is -2.09. The van der Waals surface area contributed by atoms with E-state index in [1.165, 1.54) is 19.3 Å². The van der Waals surface area contributed by atoms with Gasteiger partial charge in [-0.25, -0.2) is 0 Å². The Morgan fingerprint density at radius 1 is 0.714 bits per heavy atom. The summed E-state index contributed by atoms with van der Waals surface area (Å²) in [4.78, 5) is 0. The molecule has 0 aromatic rings. The molecule has 0 N–H and O–H groups in total. The predicted molar refractivity (Wildman–Crippen MR) is 89.9 cm³/mol. The minimum atomic E-state index is 0.590. The summed E-state index contributed by atoms with van der Waals surface area (Å²) in [6, 6.07) is 2.11. The Morgan fingerprint density at radius 2 is 1.33 bits per heavy atom. The van der Waals surface area contributed by atoms with E-state index in [4.69, 9.17) is 5.26 Å². The highest BCUT2D eigenvalue weighted by atomic mass is 14.2. The molecule has 110 valence electrons. The summed E-state index contributed by atoms with van der Waals surface area (Å²) in [6.07, 6.45) is 13.4. The molecule has 0 atom stereocenters. The zero-order valence-corrected chi connectivity index (χ0v) is 13.2. The van der Waals surface area contributed by atoms with Gasteiger partial charge in [-0.1, -0.05) is 55.6 Å². The Morgan fingerprint density at radius 3 is 2.05 bits per heavy atom. The van der Waals surface area contributed by atoms with Crippen molar-refractivity contribution in [3.05, 3.63) is 12.2 Å². The van der Waals surface area contributed by atoms with E-state index < -0.39 is 0 Å². The van der Waals surface area contributed by atoms with E-state index in [9.17, 15) is 0 Å². The normalized spacial score (nSPS) is 8.76. The number of hydrogen-bond acceptors (Lipinski definition) is 1. The first kappa shape index (κ1) is 18.9. The fraction of sp³-hybridized carbons (Fsp3) is 0.550. The number of hydrogen-bond donors (Lipinski definition) is 0. The molecule has 0 aliphatic rings. The van der Waals surface area contributed by atoms with Crippen LogP contribution in [0.1, 0.15) is 71.1 Å². The molecule has 1 nitrogen and oxygen atoms in total. The van der Waals surface area contributed by atoms with Crippen LogP contribution >= 0.6 is 0 Å². The van der Waals surface area contributed by atoms with E-state index in [0.29, 0.717) is 12.8 Å². The van der Waals surface area contributed by atoms with Crippen LogP contribution in [0.5, 0.6) is 0 Å². The van der Waals surface area contributed by atoms with Crippen LogP contribution in [-0.2, 0) is 0 Å². The second-order valence-corrected chi connectivity index (χ2v) is 4.59. The number of nitriles is 1. The second-order valence-electron chi connectivity index (χ2n) is 4.59. The largest absolute Gasteiger partial charge is 0.198 e. The molecule has 0 aromatic heterocycles. The number of rotatable bonds is 7. The Bertz CT molecular complexity index is 486. The summed E-state index contributed by atoms with van der Waals surface area (Å²) >= 11 is 0. The van der Waals surface area contributed by atoms with Gasteiger partial charge in [0.25, 0.3) is 0 Å². The molecule has 0 unspecified atom stereocenters. The third-order valence-electron chi connectivity index (χ3n) is 2.65. The van der Waals surface area contributed by atoms with Crippen molar-refractivity contribution in [2.75, 3.05) is 0 Å². The molecule has 0 spiro atoms. The molecule has 0 saturated heterocycles. The van der Waals surface area contributed by atoms with Crippen molar-refractivity contribution >= 4 is 0 Å². The Balaban J connectivity index is 3.51. The van der Waals surface area contributed by atoms with Crippen LogP contribution in [0.4, 0.5) is 0 Å². The summed E-state index contributed by atoms with van der Waals surface area (Å²) in [5, 5.41) is 8.36. The van der Waals surface area contributed by atoms with E-state index in [1.54, 1.807) is 0 Å². The molecule has 0 aliphatic carbocycles. The molecule has 0 bridgehead atoms. The van der Waals surface area contributed by atoms with Crippen molar-refractivity contribution in [1.82, 2.24) is 0 Å². The maximum atomic E-state index is 8.36. The molecule has 0 aromatic carbocycles. The third kappa shape index (κ3) is 17.9. The molecule has 0 aliphatic heterocycles. The van der Waals surface area contributed by atoms with E-state index in [2.05, 4.69) is 60.7 Å². The lowest BCUT2D eigenvalue weighted by molar-refractivity contribution is 0.737. The maximum Gasteiger partial charge on any atom is 0.0702 e. The summed E-state index contributed by atoms with van der Waals surface area (Å²) in [7, 11) is 0. The van der Waals surface area contributed by atoms with Gasteiger partial charge in [0.2, 0.25) is 0 Å². The van der Waals surface area contributed by atoms with Gasteiger partial charge >= 0.3 is 0 Å². The van der Waals surface area contributed by atoms with Crippen molar-refractivity contribution in [2.45, 2.75) is 71.1 Å². The van der Waals surface area contributed by atoms with Gasteiger partial charge in [-0.2, -0.15) is 5.26 Å². The molecule has 0 amide bonds. The molecule has 0 fully saturated rings. The monoisotopic (exact) mass is 279 g/mol. The van der Waals surface area contributed by atoms with Crippen molar-refractivity contribution in [3.8, 4) is 41.6 Å². The van der Waals surface area contributed by atoms with Crippen LogP contribution in [0, 0.1) is 46.9 Å². The molecule has 0 heterocycles. The Labute approximate surface area is 130 Å². The Kier molecular flexibility index (Phi) is 16.1. The zero-order valence-electron chi connectivity index (χ0n) is 13.2. The van der Waals surface area contributed by atoms with Gasteiger partial charge < -0.3 is 0 Å². The van der Waals surface area contributed by atoms with Gasteiger partial charge in [-0.15, -0.1) is 11.8 Å². The van der Waals surface area contributed by atoms with Gasteiger partial charge in [0.05, 0.1) is 12.5 Å².